The van der Waals surface area contributed by atoms with Crippen molar-refractivity contribution in [2.75, 3.05) is 13.1 Å². The molecule has 0 spiro atoms. The highest BCUT2D eigenvalue weighted by Gasteiger charge is 2.41. The molecule has 5 atom stereocenters. The highest BCUT2D eigenvalue weighted by atomic mass is 15.3. The highest BCUT2D eigenvalue weighted by molar-refractivity contribution is 4.96. The van der Waals surface area contributed by atoms with Crippen LogP contribution in [0, 0.1) is 17.8 Å². The van der Waals surface area contributed by atoms with Crippen LogP contribution in [0.25, 0.3) is 0 Å². The van der Waals surface area contributed by atoms with Crippen molar-refractivity contribution >= 4 is 0 Å². The first-order valence-electron chi connectivity index (χ1n) is 9.07. The molecule has 1 aliphatic heterocycles. The fourth-order valence-corrected chi connectivity index (χ4v) is 4.67. The Labute approximate surface area is 126 Å². The van der Waals surface area contributed by atoms with Gasteiger partial charge in [-0.2, -0.15) is 0 Å². The molecule has 2 nitrogen and oxygen atoms in total. The third-order valence-corrected chi connectivity index (χ3v) is 6.01. The van der Waals surface area contributed by atoms with Gasteiger partial charge in [0.1, 0.15) is 0 Å². The fourth-order valence-electron chi connectivity index (χ4n) is 4.67. The zero-order valence-electron chi connectivity index (χ0n) is 14.4. The molecule has 2 rings (SSSR count). The van der Waals surface area contributed by atoms with Crippen LogP contribution in [-0.4, -0.2) is 36.1 Å². The number of piperazine rings is 1. The molecule has 0 aromatic rings. The molecule has 1 heterocycles. The van der Waals surface area contributed by atoms with E-state index in [0.29, 0.717) is 0 Å². The molecule has 5 unspecified atom stereocenters. The molecule has 20 heavy (non-hydrogen) atoms. The van der Waals surface area contributed by atoms with E-state index in [1.165, 1.54) is 45.2 Å². The van der Waals surface area contributed by atoms with E-state index in [1.54, 1.807) is 0 Å². The molecular weight excluding hydrogens is 244 g/mol. The van der Waals surface area contributed by atoms with Crippen LogP contribution < -0.4 is 5.32 Å². The van der Waals surface area contributed by atoms with Crippen molar-refractivity contribution < 1.29 is 0 Å². The number of hydrogen-bond acceptors (Lipinski definition) is 2. The van der Waals surface area contributed by atoms with E-state index < -0.39 is 0 Å². The van der Waals surface area contributed by atoms with Crippen molar-refractivity contribution in [3.05, 3.63) is 0 Å². The molecule has 118 valence electrons. The minimum absolute atomic E-state index is 0.725. The monoisotopic (exact) mass is 280 g/mol. The van der Waals surface area contributed by atoms with Crippen LogP contribution >= 0.6 is 0 Å². The third-order valence-electron chi connectivity index (χ3n) is 6.01. The topological polar surface area (TPSA) is 15.3 Å². The van der Waals surface area contributed by atoms with E-state index in [9.17, 15) is 0 Å². The Hall–Kier alpha value is -0.0800. The second-order valence-electron chi connectivity index (χ2n) is 7.57. The van der Waals surface area contributed by atoms with E-state index in [1.807, 2.05) is 0 Å². The van der Waals surface area contributed by atoms with Gasteiger partial charge in [0.05, 0.1) is 0 Å². The molecule has 0 amide bonds. The maximum Gasteiger partial charge on any atom is 0.0247 e. The minimum Gasteiger partial charge on any atom is -0.311 e. The smallest absolute Gasteiger partial charge is 0.0247 e. The standard InChI is InChI=1S/C18H36N2/c1-6-8-16-12-20(18(11-19-16)13(3)4)17-10-9-15(7-2)14(17)5/h13-19H,6-12H2,1-5H3. The predicted molar refractivity (Wildman–Crippen MR) is 88.0 cm³/mol. The first-order chi connectivity index (χ1) is 9.58. The summed E-state index contributed by atoms with van der Waals surface area (Å²) in [5.41, 5.74) is 0. The molecule has 0 bridgehead atoms. The van der Waals surface area contributed by atoms with Gasteiger partial charge in [0.25, 0.3) is 0 Å². The van der Waals surface area contributed by atoms with Gasteiger partial charge in [0.15, 0.2) is 0 Å². The Kier molecular flexibility index (Phi) is 5.92. The van der Waals surface area contributed by atoms with E-state index in [2.05, 4.69) is 44.8 Å². The Morgan fingerprint density at radius 2 is 1.95 bits per heavy atom. The number of nitrogens with one attached hydrogen (secondary N) is 1. The van der Waals surface area contributed by atoms with Gasteiger partial charge < -0.3 is 5.32 Å². The molecular formula is C18H36N2. The summed E-state index contributed by atoms with van der Waals surface area (Å²) >= 11 is 0. The number of hydrogen-bond donors (Lipinski definition) is 1. The van der Waals surface area contributed by atoms with Crippen molar-refractivity contribution in [3.8, 4) is 0 Å². The Morgan fingerprint density at radius 1 is 1.20 bits per heavy atom. The summed E-state index contributed by atoms with van der Waals surface area (Å²) in [7, 11) is 0. The third kappa shape index (κ3) is 3.39. The van der Waals surface area contributed by atoms with Gasteiger partial charge in [-0.3, -0.25) is 4.90 Å². The van der Waals surface area contributed by atoms with Crippen molar-refractivity contribution in [1.29, 1.82) is 0 Å². The van der Waals surface area contributed by atoms with Crippen LogP contribution in [0.4, 0.5) is 0 Å². The zero-order chi connectivity index (χ0) is 14.7. The molecule has 2 aliphatic rings. The lowest BCUT2D eigenvalue weighted by Gasteiger charge is -2.47. The average molecular weight is 280 g/mol. The van der Waals surface area contributed by atoms with Crippen molar-refractivity contribution in [2.24, 2.45) is 17.8 Å². The van der Waals surface area contributed by atoms with E-state index in [-0.39, 0.29) is 0 Å². The van der Waals surface area contributed by atoms with Gasteiger partial charge in [-0.15, -0.1) is 0 Å². The van der Waals surface area contributed by atoms with Crippen molar-refractivity contribution in [3.63, 3.8) is 0 Å². The zero-order valence-corrected chi connectivity index (χ0v) is 14.4. The number of nitrogens with zero attached hydrogens (tertiary/aromatic N) is 1. The Morgan fingerprint density at radius 3 is 2.50 bits per heavy atom. The first-order valence-corrected chi connectivity index (χ1v) is 9.07. The molecule has 2 fully saturated rings. The molecule has 0 aromatic carbocycles. The lowest BCUT2D eigenvalue weighted by atomic mass is 9.89. The van der Waals surface area contributed by atoms with Crippen LogP contribution in [0.3, 0.4) is 0 Å². The maximum atomic E-state index is 3.80. The molecule has 0 aromatic heterocycles. The highest BCUT2D eigenvalue weighted by Crippen LogP contribution is 2.39. The molecule has 1 saturated carbocycles. The SMILES string of the molecule is CCCC1CN(C2CCC(CC)C2C)C(C(C)C)CN1. The normalized spacial score (nSPS) is 39.6. The summed E-state index contributed by atoms with van der Waals surface area (Å²) in [5.74, 6) is 2.62. The summed E-state index contributed by atoms with van der Waals surface area (Å²) in [6.07, 6.45) is 6.89. The van der Waals surface area contributed by atoms with E-state index >= 15 is 0 Å². The molecule has 2 heteroatoms. The second kappa shape index (κ2) is 7.26. The van der Waals surface area contributed by atoms with Crippen LogP contribution in [-0.2, 0) is 0 Å². The van der Waals surface area contributed by atoms with Crippen molar-refractivity contribution in [2.45, 2.75) is 84.8 Å². The quantitative estimate of drug-likeness (QED) is 0.821. The lowest BCUT2D eigenvalue weighted by Crippen LogP contribution is -2.61. The second-order valence-corrected chi connectivity index (χ2v) is 7.57. The van der Waals surface area contributed by atoms with Crippen LogP contribution in [0.1, 0.15) is 66.7 Å². The summed E-state index contributed by atoms with van der Waals surface area (Å²) in [5, 5.41) is 3.80. The van der Waals surface area contributed by atoms with Gasteiger partial charge in [0, 0.05) is 31.2 Å². The summed E-state index contributed by atoms with van der Waals surface area (Å²) in [6, 6.07) is 2.31. The average Bonchev–Trinajstić information content (AvgIpc) is 2.79. The summed E-state index contributed by atoms with van der Waals surface area (Å²) < 4.78 is 0. The molecule has 1 N–H and O–H groups in total. The van der Waals surface area contributed by atoms with Gasteiger partial charge in [-0.05, 0) is 37.0 Å². The largest absolute Gasteiger partial charge is 0.311 e. The van der Waals surface area contributed by atoms with Crippen LogP contribution in [0.5, 0.6) is 0 Å². The maximum absolute atomic E-state index is 3.80. The van der Waals surface area contributed by atoms with Crippen LogP contribution in [0.15, 0.2) is 0 Å². The predicted octanol–water partition coefficient (Wildman–Crippen LogP) is 3.91. The van der Waals surface area contributed by atoms with Crippen molar-refractivity contribution in [1.82, 2.24) is 10.2 Å². The molecule has 0 radical (unpaired) electrons. The van der Waals surface area contributed by atoms with Gasteiger partial charge >= 0.3 is 0 Å². The minimum atomic E-state index is 0.725. The van der Waals surface area contributed by atoms with Gasteiger partial charge in [0.2, 0.25) is 0 Å². The van der Waals surface area contributed by atoms with Gasteiger partial charge in [-0.25, -0.2) is 0 Å². The Bertz CT molecular complexity index is 289. The molecule has 1 aliphatic carbocycles. The summed E-state index contributed by atoms with van der Waals surface area (Å²) in [6.45, 7) is 14.5. The first kappa shape index (κ1) is 16.3. The summed E-state index contributed by atoms with van der Waals surface area (Å²) in [4.78, 5) is 2.90. The van der Waals surface area contributed by atoms with E-state index in [4.69, 9.17) is 0 Å². The number of rotatable bonds is 5. The Balaban J connectivity index is 2.07. The lowest BCUT2D eigenvalue weighted by molar-refractivity contribution is 0.0358. The molecule has 1 saturated heterocycles. The van der Waals surface area contributed by atoms with Crippen LogP contribution in [0.2, 0.25) is 0 Å². The van der Waals surface area contributed by atoms with E-state index in [0.717, 1.165) is 35.9 Å². The van der Waals surface area contributed by atoms with Gasteiger partial charge in [-0.1, -0.05) is 47.5 Å². The fraction of sp³-hybridized carbons (Fsp3) is 1.00.